The number of hydrogen-bond acceptors (Lipinski definition) is 5. The number of esters is 1. The Hall–Kier alpha value is -3.86. The lowest BCUT2D eigenvalue weighted by Crippen LogP contribution is -2.14. The molecule has 0 spiro atoms. The SMILES string of the molecule is CCCCOC(=O)c1cccc(NC(c2ccccc2)c2ccc3ccc(C)nc3c2O)c1. The first kappa shape index (κ1) is 22.3. The summed E-state index contributed by atoms with van der Waals surface area (Å²) >= 11 is 0. The minimum absolute atomic E-state index is 0.146. The van der Waals surface area contributed by atoms with Crippen molar-refractivity contribution in [1.29, 1.82) is 0 Å². The lowest BCUT2D eigenvalue weighted by Gasteiger charge is -2.23. The second-order valence-electron chi connectivity index (χ2n) is 8.09. The third kappa shape index (κ3) is 5.14. The Morgan fingerprint density at radius 2 is 1.82 bits per heavy atom. The summed E-state index contributed by atoms with van der Waals surface area (Å²) < 4.78 is 5.36. The molecule has 0 aliphatic rings. The van der Waals surface area contributed by atoms with E-state index in [-0.39, 0.29) is 17.8 Å². The van der Waals surface area contributed by atoms with Gasteiger partial charge in [-0.3, -0.25) is 0 Å². The second-order valence-corrected chi connectivity index (χ2v) is 8.09. The Morgan fingerprint density at radius 1 is 1.03 bits per heavy atom. The molecular weight excluding hydrogens is 412 g/mol. The van der Waals surface area contributed by atoms with Gasteiger partial charge in [-0.1, -0.05) is 67.9 Å². The van der Waals surface area contributed by atoms with Crippen LogP contribution in [-0.2, 0) is 4.74 Å². The highest BCUT2D eigenvalue weighted by molar-refractivity contribution is 5.90. The molecule has 0 saturated carbocycles. The minimum atomic E-state index is -0.343. The van der Waals surface area contributed by atoms with E-state index in [1.165, 1.54) is 0 Å². The molecule has 1 aromatic heterocycles. The molecule has 0 saturated heterocycles. The quantitative estimate of drug-likeness (QED) is 0.245. The first-order chi connectivity index (χ1) is 16.1. The number of carbonyl (C=O) groups is 1. The number of unbranched alkanes of at least 4 members (excludes halogenated alkanes) is 1. The van der Waals surface area contributed by atoms with Gasteiger partial charge in [-0.05, 0) is 43.2 Å². The van der Waals surface area contributed by atoms with Crippen LogP contribution in [0, 0.1) is 6.92 Å². The van der Waals surface area contributed by atoms with E-state index in [1.54, 1.807) is 12.1 Å². The van der Waals surface area contributed by atoms with E-state index in [2.05, 4.69) is 17.2 Å². The number of pyridine rings is 1. The maximum absolute atomic E-state index is 12.4. The number of anilines is 1. The molecule has 0 aliphatic heterocycles. The minimum Gasteiger partial charge on any atom is -0.505 e. The number of phenolic OH excluding ortho intramolecular Hbond substituents is 1. The molecule has 1 atom stereocenters. The number of ether oxygens (including phenoxy) is 1. The Labute approximate surface area is 194 Å². The van der Waals surface area contributed by atoms with E-state index in [0.29, 0.717) is 23.3 Å². The molecular formula is C28H28N2O3. The fourth-order valence-corrected chi connectivity index (χ4v) is 3.80. The van der Waals surface area contributed by atoms with Crippen LogP contribution in [0.25, 0.3) is 10.9 Å². The number of aromatic nitrogens is 1. The molecule has 3 aromatic carbocycles. The zero-order valence-electron chi connectivity index (χ0n) is 18.9. The van der Waals surface area contributed by atoms with Gasteiger partial charge in [0.05, 0.1) is 18.2 Å². The molecule has 0 bridgehead atoms. The van der Waals surface area contributed by atoms with Crippen LogP contribution < -0.4 is 5.32 Å². The molecule has 168 valence electrons. The largest absolute Gasteiger partial charge is 0.505 e. The van der Waals surface area contributed by atoms with E-state index in [1.807, 2.05) is 73.7 Å². The summed E-state index contributed by atoms with van der Waals surface area (Å²) in [5, 5.41) is 15.5. The zero-order chi connectivity index (χ0) is 23.2. The molecule has 33 heavy (non-hydrogen) atoms. The summed E-state index contributed by atoms with van der Waals surface area (Å²) in [4.78, 5) is 17.0. The maximum atomic E-state index is 12.4. The Morgan fingerprint density at radius 3 is 2.61 bits per heavy atom. The smallest absolute Gasteiger partial charge is 0.338 e. The second kappa shape index (κ2) is 10.2. The molecule has 2 N–H and O–H groups in total. The third-order valence-electron chi connectivity index (χ3n) is 5.59. The van der Waals surface area contributed by atoms with E-state index in [9.17, 15) is 9.90 Å². The number of nitrogens with zero attached hydrogens (tertiary/aromatic N) is 1. The highest BCUT2D eigenvalue weighted by Gasteiger charge is 2.20. The number of nitrogens with one attached hydrogen (secondary N) is 1. The van der Waals surface area contributed by atoms with Crippen LogP contribution in [0.5, 0.6) is 5.75 Å². The first-order valence-corrected chi connectivity index (χ1v) is 11.2. The number of phenols is 1. The van der Waals surface area contributed by atoms with Crippen molar-refractivity contribution in [2.45, 2.75) is 32.7 Å². The van der Waals surface area contributed by atoms with Gasteiger partial charge in [0.25, 0.3) is 0 Å². The average molecular weight is 441 g/mol. The normalized spacial score (nSPS) is 11.8. The Balaban J connectivity index is 1.71. The lowest BCUT2D eigenvalue weighted by atomic mass is 9.95. The van der Waals surface area contributed by atoms with Gasteiger partial charge in [-0.25, -0.2) is 9.78 Å². The summed E-state index contributed by atoms with van der Waals surface area (Å²) in [5.74, 6) is -0.190. The number of aromatic hydroxyl groups is 1. The van der Waals surface area contributed by atoms with Crippen LogP contribution in [-0.4, -0.2) is 22.7 Å². The highest BCUT2D eigenvalue weighted by atomic mass is 16.5. The zero-order valence-corrected chi connectivity index (χ0v) is 18.9. The van der Waals surface area contributed by atoms with Crippen molar-refractivity contribution >= 4 is 22.6 Å². The number of benzene rings is 3. The van der Waals surface area contributed by atoms with Gasteiger partial charge >= 0.3 is 5.97 Å². The van der Waals surface area contributed by atoms with E-state index in [4.69, 9.17) is 4.74 Å². The number of carbonyl (C=O) groups excluding carboxylic acids is 1. The van der Waals surface area contributed by atoms with Gasteiger partial charge in [0.15, 0.2) is 0 Å². The van der Waals surface area contributed by atoms with Gasteiger partial charge in [0.1, 0.15) is 11.3 Å². The number of aryl methyl sites for hydroxylation is 1. The van der Waals surface area contributed by atoms with Crippen LogP contribution in [0.4, 0.5) is 5.69 Å². The van der Waals surface area contributed by atoms with Crippen molar-refractivity contribution in [2.24, 2.45) is 0 Å². The molecule has 1 heterocycles. The Kier molecular flexibility index (Phi) is 6.89. The van der Waals surface area contributed by atoms with E-state index in [0.717, 1.165) is 35.2 Å². The maximum Gasteiger partial charge on any atom is 0.338 e. The summed E-state index contributed by atoms with van der Waals surface area (Å²) in [6.07, 6.45) is 1.81. The number of hydrogen-bond donors (Lipinski definition) is 2. The highest BCUT2D eigenvalue weighted by Crippen LogP contribution is 2.36. The van der Waals surface area contributed by atoms with Crippen molar-refractivity contribution in [3.05, 3.63) is 101 Å². The summed E-state index contributed by atoms with van der Waals surface area (Å²) in [5.41, 5.74) is 4.35. The van der Waals surface area contributed by atoms with Crippen LogP contribution in [0.1, 0.15) is 53.0 Å². The molecule has 4 aromatic rings. The molecule has 1 unspecified atom stereocenters. The van der Waals surface area contributed by atoms with Crippen molar-refractivity contribution < 1.29 is 14.6 Å². The molecule has 0 radical (unpaired) electrons. The van der Waals surface area contributed by atoms with Crippen molar-refractivity contribution in [3.8, 4) is 5.75 Å². The first-order valence-electron chi connectivity index (χ1n) is 11.2. The topological polar surface area (TPSA) is 71.5 Å². The van der Waals surface area contributed by atoms with E-state index < -0.39 is 0 Å². The molecule has 0 fully saturated rings. The predicted octanol–water partition coefficient (Wildman–Crippen LogP) is 6.41. The fourth-order valence-electron chi connectivity index (χ4n) is 3.80. The van der Waals surface area contributed by atoms with Crippen LogP contribution >= 0.6 is 0 Å². The third-order valence-corrected chi connectivity index (χ3v) is 5.59. The average Bonchev–Trinajstić information content (AvgIpc) is 2.84. The molecule has 5 nitrogen and oxygen atoms in total. The van der Waals surface area contributed by atoms with Crippen LogP contribution in [0.15, 0.2) is 78.9 Å². The Bertz CT molecular complexity index is 1250. The van der Waals surface area contributed by atoms with Gasteiger partial charge in [0.2, 0.25) is 0 Å². The summed E-state index contributed by atoms with van der Waals surface area (Å²) in [7, 11) is 0. The fraction of sp³-hybridized carbons (Fsp3) is 0.214. The van der Waals surface area contributed by atoms with Crippen LogP contribution in [0.2, 0.25) is 0 Å². The summed E-state index contributed by atoms with van der Waals surface area (Å²) in [6, 6.07) is 24.6. The van der Waals surface area contributed by atoms with Gasteiger partial charge in [0, 0.05) is 22.3 Å². The van der Waals surface area contributed by atoms with Crippen LogP contribution in [0.3, 0.4) is 0 Å². The standard InChI is InChI=1S/C28H28N2O3/c1-3-4-17-33-28(32)22-11-8-12-23(18-22)30-25(20-9-6-5-7-10-20)24-16-15-21-14-13-19(2)29-26(21)27(24)31/h5-16,18,25,30-31H,3-4,17H2,1-2H3. The monoisotopic (exact) mass is 440 g/mol. The molecule has 4 rings (SSSR count). The number of rotatable bonds is 8. The number of fused-ring (bicyclic) bond motifs is 1. The molecule has 0 aliphatic carbocycles. The summed E-state index contributed by atoms with van der Waals surface area (Å²) in [6.45, 7) is 4.38. The predicted molar refractivity (Wildman–Crippen MR) is 132 cm³/mol. The molecule has 5 heteroatoms. The van der Waals surface area contributed by atoms with E-state index >= 15 is 0 Å². The van der Waals surface area contributed by atoms with Gasteiger partial charge in [-0.15, -0.1) is 0 Å². The van der Waals surface area contributed by atoms with Gasteiger partial charge < -0.3 is 15.2 Å². The lowest BCUT2D eigenvalue weighted by molar-refractivity contribution is 0.0500. The molecule has 0 amide bonds. The van der Waals surface area contributed by atoms with Crippen molar-refractivity contribution in [3.63, 3.8) is 0 Å². The van der Waals surface area contributed by atoms with Crippen molar-refractivity contribution in [2.75, 3.05) is 11.9 Å². The van der Waals surface area contributed by atoms with Crippen molar-refractivity contribution in [1.82, 2.24) is 4.98 Å². The van der Waals surface area contributed by atoms with Gasteiger partial charge in [-0.2, -0.15) is 0 Å².